The minimum atomic E-state index is 0.689. The Balaban J connectivity index is 3.59. The lowest BCUT2D eigenvalue weighted by Crippen LogP contribution is -2.34. The molecule has 0 rings (SSSR count). The summed E-state index contributed by atoms with van der Waals surface area (Å²) >= 11 is 2.08. The molecule has 2 heteroatoms. The summed E-state index contributed by atoms with van der Waals surface area (Å²) in [7, 11) is 2.08. The highest BCUT2D eigenvalue weighted by atomic mass is 32.2. The summed E-state index contributed by atoms with van der Waals surface area (Å²) in [6.07, 6.45) is 1.27. The van der Waals surface area contributed by atoms with Crippen molar-refractivity contribution < 1.29 is 0 Å². The van der Waals surface area contributed by atoms with E-state index in [2.05, 4.69) is 51.8 Å². The Labute approximate surface area is 88.1 Å². The maximum Gasteiger partial charge on any atom is 0.0180 e. The zero-order chi connectivity index (χ0) is 10.3. The molecule has 0 spiro atoms. The van der Waals surface area contributed by atoms with E-state index in [-0.39, 0.29) is 0 Å². The van der Waals surface area contributed by atoms with Gasteiger partial charge in [0.2, 0.25) is 0 Å². The van der Waals surface area contributed by atoms with Crippen molar-refractivity contribution in [3.63, 3.8) is 0 Å². The van der Waals surface area contributed by atoms with Crippen LogP contribution in [0, 0.1) is 11.8 Å². The molecule has 0 fully saturated rings. The van der Waals surface area contributed by atoms with Crippen LogP contribution < -0.4 is 5.32 Å². The van der Waals surface area contributed by atoms with Gasteiger partial charge in [-0.05, 0) is 24.6 Å². The van der Waals surface area contributed by atoms with Gasteiger partial charge in [0, 0.05) is 11.8 Å². The zero-order valence-electron chi connectivity index (χ0n) is 9.76. The zero-order valence-corrected chi connectivity index (χ0v) is 10.6. The molecular weight excluding hydrogens is 178 g/mol. The molecule has 80 valence electrons. The van der Waals surface area contributed by atoms with E-state index < -0.39 is 0 Å². The van der Waals surface area contributed by atoms with Crippen LogP contribution in [0.25, 0.3) is 0 Å². The van der Waals surface area contributed by atoms with Gasteiger partial charge in [-0.1, -0.05) is 34.1 Å². The van der Waals surface area contributed by atoms with E-state index in [1.165, 1.54) is 17.9 Å². The number of rotatable bonds is 7. The Bertz CT molecular complexity index is 115. The average Bonchev–Trinajstić information content (AvgIpc) is 2.11. The molecule has 0 saturated heterocycles. The predicted octanol–water partition coefficient (Wildman–Crippen LogP) is 3.01. The highest BCUT2D eigenvalue weighted by Gasteiger charge is 2.13. The number of hydrogen-bond acceptors (Lipinski definition) is 2. The van der Waals surface area contributed by atoms with E-state index in [4.69, 9.17) is 0 Å². The molecule has 2 atom stereocenters. The largest absolute Gasteiger partial charge is 0.316 e. The Morgan fingerprint density at radius 2 is 1.77 bits per heavy atom. The first kappa shape index (κ1) is 13.3. The molecule has 0 radical (unpaired) electrons. The van der Waals surface area contributed by atoms with Crippen molar-refractivity contribution in [1.82, 2.24) is 5.32 Å². The van der Waals surface area contributed by atoms with Gasteiger partial charge in [0.05, 0.1) is 0 Å². The van der Waals surface area contributed by atoms with Crippen LogP contribution in [0.4, 0.5) is 0 Å². The van der Waals surface area contributed by atoms with Crippen molar-refractivity contribution >= 4 is 11.8 Å². The molecule has 0 aromatic heterocycles. The van der Waals surface area contributed by atoms with Gasteiger partial charge >= 0.3 is 0 Å². The average molecular weight is 203 g/mol. The topological polar surface area (TPSA) is 12.0 Å². The second-order valence-corrected chi connectivity index (χ2v) is 5.29. The second kappa shape index (κ2) is 7.69. The first-order chi connectivity index (χ1) is 6.11. The van der Waals surface area contributed by atoms with Crippen molar-refractivity contribution in [1.29, 1.82) is 0 Å². The van der Waals surface area contributed by atoms with Crippen LogP contribution in [0.5, 0.6) is 0 Å². The minimum absolute atomic E-state index is 0.689. The SMILES string of the molecule is CCC(C)C(CSCC(C)C)NC. The lowest BCUT2D eigenvalue weighted by Gasteiger charge is -2.22. The van der Waals surface area contributed by atoms with Crippen LogP contribution in [0.1, 0.15) is 34.1 Å². The van der Waals surface area contributed by atoms with Crippen molar-refractivity contribution in [2.24, 2.45) is 11.8 Å². The molecule has 0 aliphatic heterocycles. The van der Waals surface area contributed by atoms with Crippen molar-refractivity contribution in [2.75, 3.05) is 18.6 Å². The van der Waals surface area contributed by atoms with Crippen LogP contribution in [-0.2, 0) is 0 Å². The Hall–Kier alpha value is 0.310. The van der Waals surface area contributed by atoms with Gasteiger partial charge in [-0.3, -0.25) is 0 Å². The van der Waals surface area contributed by atoms with Gasteiger partial charge < -0.3 is 5.32 Å². The summed E-state index contributed by atoms with van der Waals surface area (Å²) < 4.78 is 0. The third-order valence-electron chi connectivity index (χ3n) is 2.45. The van der Waals surface area contributed by atoms with E-state index in [1.54, 1.807) is 0 Å². The summed E-state index contributed by atoms with van der Waals surface area (Å²) in [6.45, 7) is 9.16. The van der Waals surface area contributed by atoms with Gasteiger partial charge in [-0.2, -0.15) is 11.8 Å². The molecule has 2 unspecified atom stereocenters. The van der Waals surface area contributed by atoms with E-state index in [1.807, 2.05) is 0 Å². The molecule has 0 amide bonds. The molecule has 0 aliphatic rings. The Morgan fingerprint density at radius 3 is 2.15 bits per heavy atom. The Kier molecular flexibility index (Phi) is 7.87. The fraction of sp³-hybridized carbons (Fsp3) is 1.00. The fourth-order valence-electron chi connectivity index (χ4n) is 1.25. The van der Waals surface area contributed by atoms with Gasteiger partial charge in [0.15, 0.2) is 0 Å². The number of thioether (sulfide) groups is 1. The van der Waals surface area contributed by atoms with Crippen LogP contribution in [-0.4, -0.2) is 24.6 Å². The van der Waals surface area contributed by atoms with Crippen molar-refractivity contribution in [2.45, 2.75) is 40.2 Å². The number of hydrogen-bond donors (Lipinski definition) is 1. The van der Waals surface area contributed by atoms with Crippen LogP contribution in [0.2, 0.25) is 0 Å². The molecule has 0 saturated carbocycles. The van der Waals surface area contributed by atoms with E-state index >= 15 is 0 Å². The summed E-state index contributed by atoms with van der Waals surface area (Å²) in [5.41, 5.74) is 0. The van der Waals surface area contributed by atoms with Gasteiger partial charge in [0.25, 0.3) is 0 Å². The molecule has 0 heterocycles. The normalized spacial score (nSPS) is 16.2. The molecule has 0 aromatic carbocycles. The maximum absolute atomic E-state index is 3.41. The fourth-order valence-corrected chi connectivity index (χ4v) is 2.60. The third-order valence-corrected chi connectivity index (χ3v) is 3.95. The number of nitrogens with one attached hydrogen (secondary N) is 1. The third kappa shape index (κ3) is 6.39. The molecule has 0 aromatic rings. The monoisotopic (exact) mass is 203 g/mol. The summed E-state index contributed by atoms with van der Waals surface area (Å²) in [5.74, 6) is 4.15. The van der Waals surface area contributed by atoms with E-state index in [0.29, 0.717) is 6.04 Å². The van der Waals surface area contributed by atoms with Crippen LogP contribution in [0.3, 0.4) is 0 Å². The smallest absolute Gasteiger partial charge is 0.0180 e. The molecule has 0 bridgehead atoms. The van der Waals surface area contributed by atoms with Crippen molar-refractivity contribution in [3.05, 3.63) is 0 Å². The van der Waals surface area contributed by atoms with Gasteiger partial charge in [0.1, 0.15) is 0 Å². The predicted molar refractivity (Wildman–Crippen MR) is 64.5 cm³/mol. The first-order valence-electron chi connectivity index (χ1n) is 5.36. The molecule has 13 heavy (non-hydrogen) atoms. The molecule has 1 nitrogen and oxygen atoms in total. The highest BCUT2D eigenvalue weighted by Crippen LogP contribution is 2.15. The molecule has 0 aliphatic carbocycles. The van der Waals surface area contributed by atoms with E-state index in [0.717, 1.165) is 11.8 Å². The van der Waals surface area contributed by atoms with E-state index in [9.17, 15) is 0 Å². The summed E-state index contributed by atoms with van der Waals surface area (Å²) in [5, 5.41) is 3.41. The van der Waals surface area contributed by atoms with Crippen LogP contribution >= 0.6 is 11.8 Å². The second-order valence-electron chi connectivity index (χ2n) is 4.21. The Morgan fingerprint density at radius 1 is 1.15 bits per heavy atom. The standard InChI is InChI=1S/C11H25NS/c1-6-10(4)11(12-5)8-13-7-9(2)3/h9-12H,6-8H2,1-5H3. The lowest BCUT2D eigenvalue weighted by molar-refractivity contribution is 0.420. The van der Waals surface area contributed by atoms with Gasteiger partial charge in [-0.15, -0.1) is 0 Å². The quantitative estimate of drug-likeness (QED) is 0.682. The molecule has 1 N–H and O–H groups in total. The first-order valence-corrected chi connectivity index (χ1v) is 6.52. The summed E-state index contributed by atoms with van der Waals surface area (Å²) in [4.78, 5) is 0. The van der Waals surface area contributed by atoms with Gasteiger partial charge in [-0.25, -0.2) is 0 Å². The maximum atomic E-state index is 3.41. The molecular formula is C11H25NS. The van der Waals surface area contributed by atoms with Crippen LogP contribution in [0.15, 0.2) is 0 Å². The lowest BCUT2D eigenvalue weighted by atomic mass is 10.0. The van der Waals surface area contributed by atoms with Crippen molar-refractivity contribution in [3.8, 4) is 0 Å². The highest BCUT2D eigenvalue weighted by molar-refractivity contribution is 7.99. The minimum Gasteiger partial charge on any atom is -0.316 e. The summed E-state index contributed by atoms with van der Waals surface area (Å²) in [6, 6.07) is 0.689.